The van der Waals surface area contributed by atoms with E-state index in [-0.39, 0.29) is 0 Å². The summed E-state index contributed by atoms with van der Waals surface area (Å²) < 4.78 is 7.22. The van der Waals surface area contributed by atoms with Gasteiger partial charge in [0, 0.05) is 32.3 Å². The number of methoxy groups -OCH3 is 1. The Bertz CT molecular complexity index is 536. The van der Waals surface area contributed by atoms with Crippen LogP contribution in [-0.2, 0) is 19.9 Å². The van der Waals surface area contributed by atoms with Gasteiger partial charge in [-0.2, -0.15) is 5.10 Å². The van der Waals surface area contributed by atoms with Crippen LogP contribution in [0.3, 0.4) is 0 Å². The molecule has 2 aromatic rings. The molecule has 4 heteroatoms. The molecule has 20 heavy (non-hydrogen) atoms. The van der Waals surface area contributed by atoms with Crippen LogP contribution >= 0.6 is 0 Å². The Morgan fingerprint density at radius 2 is 2.10 bits per heavy atom. The molecule has 2 rings (SSSR count). The van der Waals surface area contributed by atoms with Crippen LogP contribution in [0.2, 0.25) is 0 Å². The fourth-order valence-corrected chi connectivity index (χ4v) is 2.32. The summed E-state index contributed by atoms with van der Waals surface area (Å²) in [5.41, 5.74) is 2.37. The molecular formula is C16H23N3O. The number of hydrogen-bond donors (Lipinski definition) is 1. The van der Waals surface area contributed by atoms with Gasteiger partial charge < -0.3 is 10.1 Å². The van der Waals surface area contributed by atoms with Crippen molar-refractivity contribution in [2.45, 2.75) is 25.8 Å². The first-order valence-electron chi connectivity index (χ1n) is 7.03. The van der Waals surface area contributed by atoms with Crippen LogP contribution in [0.1, 0.15) is 18.2 Å². The largest absolute Gasteiger partial charge is 0.496 e. The molecule has 1 atom stereocenters. The minimum Gasteiger partial charge on any atom is -0.496 e. The summed E-state index contributed by atoms with van der Waals surface area (Å²) in [5, 5.41) is 7.91. The van der Waals surface area contributed by atoms with Crippen LogP contribution < -0.4 is 10.1 Å². The van der Waals surface area contributed by atoms with E-state index in [1.807, 2.05) is 30.1 Å². The molecule has 1 unspecified atom stereocenters. The first-order valence-corrected chi connectivity index (χ1v) is 7.03. The number of ether oxygens (including phenoxy) is 1. The number of benzene rings is 1. The number of nitrogens with one attached hydrogen (secondary N) is 1. The van der Waals surface area contributed by atoms with Gasteiger partial charge in [0.25, 0.3) is 0 Å². The molecule has 1 heterocycles. The smallest absolute Gasteiger partial charge is 0.122 e. The van der Waals surface area contributed by atoms with Gasteiger partial charge in [0.2, 0.25) is 0 Å². The van der Waals surface area contributed by atoms with Gasteiger partial charge in [0.15, 0.2) is 0 Å². The molecule has 0 spiro atoms. The second kappa shape index (κ2) is 7.10. The maximum atomic E-state index is 5.38. The molecule has 0 amide bonds. The van der Waals surface area contributed by atoms with E-state index in [0.29, 0.717) is 6.04 Å². The van der Waals surface area contributed by atoms with E-state index in [1.54, 1.807) is 7.11 Å². The van der Waals surface area contributed by atoms with E-state index < -0.39 is 0 Å². The van der Waals surface area contributed by atoms with E-state index in [0.717, 1.165) is 30.8 Å². The maximum absolute atomic E-state index is 5.38. The van der Waals surface area contributed by atoms with Crippen molar-refractivity contribution in [2.75, 3.05) is 13.7 Å². The number of aromatic nitrogens is 2. The van der Waals surface area contributed by atoms with Crippen LogP contribution in [0, 0.1) is 0 Å². The number of nitrogens with zero attached hydrogens (tertiary/aromatic N) is 2. The lowest BCUT2D eigenvalue weighted by molar-refractivity contribution is 0.406. The third-order valence-corrected chi connectivity index (χ3v) is 3.36. The van der Waals surface area contributed by atoms with Gasteiger partial charge in [-0.15, -0.1) is 0 Å². The Kier molecular flexibility index (Phi) is 5.18. The zero-order valence-electron chi connectivity index (χ0n) is 12.5. The Labute approximate surface area is 120 Å². The van der Waals surface area contributed by atoms with Crippen molar-refractivity contribution in [3.63, 3.8) is 0 Å². The average molecular weight is 273 g/mol. The number of hydrogen-bond acceptors (Lipinski definition) is 3. The second-order valence-electron chi connectivity index (χ2n) is 5.10. The highest BCUT2D eigenvalue weighted by Gasteiger charge is 2.07. The third kappa shape index (κ3) is 4.10. The maximum Gasteiger partial charge on any atom is 0.122 e. The number of aryl methyl sites for hydroxylation is 1. The first-order chi connectivity index (χ1) is 9.69. The predicted octanol–water partition coefficient (Wildman–Crippen LogP) is 2.19. The van der Waals surface area contributed by atoms with Crippen molar-refractivity contribution >= 4 is 0 Å². The summed E-state index contributed by atoms with van der Waals surface area (Å²) in [5.74, 6) is 0.964. The number of para-hydroxylation sites is 1. The highest BCUT2D eigenvalue weighted by molar-refractivity contribution is 5.33. The van der Waals surface area contributed by atoms with E-state index in [4.69, 9.17) is 4.74 Å². The van der Waals surface area contributed by atoms with Crippen molar-refractivity contribution in [1.29, 1.82) is 0 Å². The van der Waals surface area contributed by atoms with Gasteiger partial charge in [0.1, 0.15) is 5.75 Å². The van der Waals surface area contributed by atoms with Gasteiger partial charge in [-0.25, -0.2) is 0 Å². The predicted molar refractivity (Wildman–Crippen MR) is 81.1 cm³/mol. The SMILES string of the molecule is COc1ccccc1CC(C)NCCc1ccn(C)n1. The van der Waals surface area contributed by atoms with Gasteiger partial charge in [-0.3, -0.25) is 4.68 Å². The van der Waals surface area contributed by atoms with Crippen LogP contribution in [0.4, 0.5) is 0 Å². The summed E-state index contributed by atoms with van der Waals surface area (Å²) in [6.45, 7) is 3.14. The highest BCUT2D eigenvalue weighted by atomic mass is 16.5. The van der Waals surface area contributed by atoms with Gasteiger partial charge in [-0.1, -0.05) is 18.2 Å². The first kappa shape index (κ1) is 14.6. The number of rotatable bonds is 7. The summed E-state index contributed by atoms with van der Waals surface area (Å²) in [6.07, 6.45) is 3.90. The topological polar surface area (TPSA) is 39.1 Å². The van der Waals surface area contributed by atoms with Crippen molar-refractivity contribution in [2.24, 2.45) is 7.05 Å². The molecule has 1 aromatic carbocycles. The van der Waals surface area contributed by atoms with Crippen LogP contribution in [0.25, 0.3) is 0 Å². The molecule has 108 valence electrons. The Balaban J connectivity index is 1.79. The van der Waals surface area contributed by atoms with Gasteiger partial charge in [0.05, 0.1) is 12.8 Å². The third-order valence-electron chi connectivity index (χ3n) is 3.36. The summed E-state index contributed by atoms with van der Waals surface area (Å²) in [6, 6.07) is 10.7. The lowest BCUT2D eigenvalue weighted by Crippen LogP contribution is -2.30. The van der Waals surface area contributed by atoms with Crippen molar-refractivity contribution in [3.05, 3.63) is 47.8 Å². The average Bonchev–Trinajstić information content (AvgIpc) is 2.85. The Hall–Kier alpha value is -1.81. The zero-order chi connectivity index (χ0) is 14.4. The van der Waals surface area contributed by atoms with Crippen molar-refractivity contribution in [3.8, 4) is 5.75 Å². The summed E-state index contributed by atoms with van der Waals surface area (Å²) in [4.78, 5) is 0. The molecule has 4 nitrogen and oxygen atoms in total. The molecule has 0 radical (unpaired) electrons. The lowest BCUT2D eigenvalue weighted by atomic mass is 10.1. The van der Waals surface area contributed by atoms with E-state index >= 15 is 0 Å². The molecule has 1 N–H and O–H groups in total. The van der Waals surface area contributed by atoms with Crippen LogP contribution in [0.15, 0.2) is 36.5 Å². The highest BCUT2D eigenvalue weighted by Crippen LogP contribution is 2.18. The minimum atomic E-state index is 0.412. The van der Waals surface area contributed by atoms with Crippen molar-refractivity contribution in [1.82, 2.24) is 15.1 Å². The molecule has 1 aromatic heterocycles. The van der Waals surface area contributed by atoms with E-state index in [2.05, 4.69) is 35.5 Å². The summed E-state index contributed by atoms with van der Waals surface area (Å²) >= 11 is 0. The second-order valence-corrected chi connectivity index (χ2v) is 5.10. The Morgan fingerprint density at radius 1 is 1.30 bits per heavy atom. The fraction of sp³-hybridized carbons (Fsp3) is 0.438. The molecule has 0 saturated carbocycles. The normalized spacial score (nSPS) is 12.3. The van der Waals surface area contributed by atoms with Crippen LogP contribution in [-0.4, -0.2) is 29.5 Å². The molecule has 0 fully saturated rings. The minimum absolute atomic E-state index is 0.412. The van der Waals surface area contributed by atoms with Gasteiger partial charge >= 0.3 is 0 Å². The van der Waals surface area contributed by atoms with E-state index in [1.165, 1.54) is 5.56 Å². The van der Waals surface area contributed by atoms with Gasteiger partial charge in [-0.05, 0) is 31.0 Å². The quantitative estimate of drug-likeness (QED) is 0.840. The molecule has 0 bridgehead atoms. The zero-order valence-corrected chi connectivity index (χ0v) is 12.5. The summed E-state index contributed by atoms with van der Waals surface area (Å²) in [7, 11) is 3.67. The standard InChI is InChI=1S/C16H23N3O/c1-13(12-14-6-4-5-7-16(14)20-3)17-10-8-15-9-11-19(2)18-15/h4-7,9,11,13,17H,8,10,12H2,1-3H3. The lowest BCUT2D eigenvalue weighted by Gasteiger charge is -2.15. The monoisotopic (exact) mass is 273 g/mol. The van der Waals surface area contributed by atoms with Crippen molar-refractivity contribution < 1.29 is 4.74 Å². The van der Waals surface area contributed by atoms with Crippen LogP contribution in [0.5, 0.6) is 5.75 Å². The molecular weight excluding hydrogens is 250 g/mol. The Morgan fingerprint density at radius 3 is 2.80 bits per heavy atom. The van der Waals surface area contributed by atoms with E-state index in [9.17, 15) is 0 Å². The molecule has 0 aliphatic carbocycles. The molecule has 0 aliphatic rings. The fourth-order valence-electron chi connectivity index (χ4n) is 2.32. The molecule has 0 aliphatic heterocycles. The molecule has 0 saturated heterocycles.